The lowest BCUT2D eigenvalue weighted by Crippen LogP contribution is -2.18. The molecule has 0 aromatic carbocycles. The summed E-state index contributed by atoms with van der Waals surface area (Å²) < 4.78 is 0. The fraction of sp³-hybridized carbons (Fsp3) is 0.333. The van der Waals surface area contributed by atoms with Crippen LogP contribution in [0.5, 0.6) is 0 Å². The van der Waals surface area contributed by atoms with E-state index in [0.717, 1.165) is 11.8 Å². The lowest BCUT2D eigenvalue weighted by atomic mass is 10.7. The molecule has 0 aromatic heterocycles. The van der Waals surface area contributed by atoms with Gasteiger partial charge in [0.2, 0.25) is 5.91 Å². The second kappa shape index (κ2) is 5.00. The molecule has 9 heavy (non-hydrogen) atoms. The smallest absolute Gasteiger partial charge is 0.286 e. The highest BCUT2D eigenvalue weighted by Gasteiger charge is 2.16. The fourth-order valence-electron chi connectivity index (χ4n) is 0.317. The van der Waals surface area contributed by atoms with Crippen molar-refractivity contribution in [2.75, 3.05) is 5.75 Å². The zero-order valence-corrected chi connectivity index (χ0v) is 7.49. The van der Waals surface area contributed by atoms with E-state index >= 15 is 0 Å². The molecule has 0 saturated carbocycles. The lowest BCUT2D eigenvalue weighted by molar-refractivity contribution is -0.117. The molecule has 0 aromatic rings. The highest BCUT2D eigenvalue weighted by atomic mass is 127. The predicted molar refractivity (Wildman–Crippen MR) is 45.0 cm³/mol. The summed E-state index contributed by atoms with van der Waals surface area (Å²) in [4.78, 5) is 20.2. The van der Waals surface area contributed by atoms with Crippen LogP contribution in [0.25, 0.3) is 0 Å². The first-order valence-corrected chi connectivity index (χ1v) is 2.74. The van der Waals surface area contributed by atoms with Crippen LogP contribution < -0.4 is 5.32 Å². The molecule has 0 unspecified atom stereocenters. The van der Waals surface area contributed by atoms with Gasteiger partial charge >= 0.3 is 0 Å². The van der Waals surface area contributed by atoms with Crippen LogP contribution in [-0.2, 0) is 4.79 Å². The summed E-state index contributed by atoms with van der Waals surface area (Å²) in [5, 5.41) is 1.87. The van der Waals surface area contributed by atoms with E-state index in [1.807, 2.05) is 0 Å². The Hall–Kier alpha value is 0.180. The van der Waals surface area contributed by atoms with Crippen LogP contribution in [0, 0.1) is 0 Å². The molecule has 2 amide bonds. The zero-order valence-electron chi connectivity index (χ0n) is 4.34. The molecule has 1 rings (SSSR count). The minimum atomic E-state index is -0.231. The maximum atomic E-state index is 10.1. The quantitative estimate of drug-likeness (QED) is 0.613. The van der Waals surface area contributed by atoms with Crippen LogP contribution in [0.15, 0.2) is 0 Å². The highest BCUT2D eigenvalue weighted by molar-refractivity contribution is 14.0. The third-order valence-corrected chi connectivity index (χ3v) is 1.35. The number of nitrogens with one attached hydrogen (secondary N) is 1. The Kier molecular flexibility index (Phi) is 6.62. The number of thioether (sulfide) groups is 1. The van der Waals surface area contributed by atoms with Crippen molar-refractivity contribution in [2.45, 2.75) is 0 Å². The summed E-state index contributed by atoms with van der Waals surface area (Å²) >= 11 is 1.01. The lowest BCUT2D eigenvalue weighted by Gasteiger charge is -1.77. The molecule has 0 atom stereocenters. The van der Waals surface area contributed by atoms with Gasteiger partial charge in [0.05, 0.1) is 5.75 Å². The van der Waals surface area contributed by atoms with Crippen molar-refractivity contribution in [3.05, 3.63) is 0 Å². The molecule has 1 fully saturated rings. The van der Waals surface area contributed by atoms with Gasteiger partial charge in [0.25, 0.3) is 5.24 Å². The van der Waals surface area contributed by atoms with Gasteiger partial charge in [-0.3, -0.25) is 14.9 Å². The van der Waals surface area contributed by atoms with Crippen LogP contribution in [0.2, 0.25) is 0 Å². The van der Waals surface area contributed by atoms with E-state index in [-0.39, 0.29) is 40.6 Å². The van der Waals surface area contributed by atoms with E-state index < -0.39 is 0 Å². The summed E-state index contributed by atoms with van der Waals surface area (Å²) in [5.41, 5.74) is 0. The molecule has 6 heteroatoms. The van der Waals surface area contributed by atoms with E-state index in [9.17, 15) is 9.59 Å². The zero-order chi connectivity index (χ0) is 5.28. The Balaban J connectivity index is 0. The third-order valence-electron chi connectivity index (χ3n) is 0.576. The van der Waals surface area contributed by atoms with Gasteiger partial charge < -0.3 is 5.48 Å². The maximum Gasteiger partial charge on any atom is 0.286 e. The molecule has 54 valence electrons. The Labute approximate surface area is 73.1 Å². The van der Waals surface area contributed by atoms with Gasteiger partial charge in [-0.2, -0.15) is 0 Å². The molecule has 0 radical (unpaired) electrons. The number of amides is 2. The van der Waals surface area contributed by atoms with Crippen molar-refractivity contribution in [2.24, 2.45) is 0 Å². The Morgan fingerprint density at radius 2 is 2.00 bits per heavy atom. The maximum absolute atomic E-state index is 10.1. The highest BCUT2D eigenvalue weighted by Crippen LogP contribution is 2.06. The minimum absolute atomic E-state index is 0. The van der Waals surface area contributed by atoms with E-state index in [1.54, 1.807) is 0 Å². The average molecular weight is 263 g/mol. The summed E-state index contributed by atoms with van der Waals surface area (Å²) in [6.07, 6.45) is 0. The summed E-state index contributed by atoms with van der Waals surface area (Å²) in [5.74, 6) is 0.105. The summed E-state index contributed by atoms with van der Waals surface area (Å²) in [7, 11) is 0. The SMILES string of the molecule is I.O.O=C1CSC(=O)N1. The normalized spacial score (nSPS) is 15.6. The van der Waals surface area contributed by atoms with Crippen molar-refractivity contribution < 1.29 is 15.1 Å². The van der Waals surface area contributed by atoms with Crippen molar-refractivity contribution in [1.82, 2.24) is 5.32 Å². The van der Waals surface area contributed by atoms with E-state index in [0.29, 0.717) is 5.75 Å². The van der Waals surface area contributed by atoms with Crippen LogP contribution >= 0.6 is 35.7 Å². The largest absolute Gasteiger partial charge is 0.412 e. The predicted octanol–water partition coefficient (Wildman–Crippen LogP) is -0.237. The van der Waals surface area contributed by atoms with Crippen LogP contribution in [0.1, 0.15) is 0 Å². The van der Waals surface area contributed by atoms with E-state index in [2.05, 4.69) is 5.32 Å². The molecule has 1 aliphatic heterocycles. The Morgan fingerprint density at radius 3 is 2.11 bits per heavy atom. The van der Waals surface area contributed by atoms with Crippen molar-refractivity contribution >= 4 is 46.9 Å². The number of hydrogen-bond donors (Lipinski definition) is 1. The number of imide groups is 1. The van der Waals surface area contributed by atoms with E-state index in [4.69, 9.17) is 0 Å². The molecular formula is C3H6INO3S. The standard InChI is InChI=1S/C3H3NO2S.HI.H2O/c5-2-1-7-3(6)4-2;;/h1H2,(H,4,5,6);1H;1H2. The molecule has 1 saturated heterocycles. The molecule has 0 spiro atoms. The number of carbonyl (C=O) groups excluding carboxylic acids is 2. The first kappa shape index (κ1) is 11.9. The van der Waals surface area contributed by atoms with Crippen LogP contribution in [0.3, 0.4) is 0 Å². The molecular weight excluding hydrogens is 257 g/mol. The van der Waals surface area contributed by atoms with Gasteiger partial charge in [-0.15, -0.1) is 24.0 Å². The van der Waals surface area contributed by atoms with E-state index in [1.165, 1.54) is 0 Å². The summed E-state index contributed by atoms with van der Waals surface area (Å²) in [6, 6.07) is 0. The van der Waals surface area contributed by atoms with Crippen LogP contribution in [-0.4, -0.2) is 22.4 Å². The average Bonchev–Trinajstić information content (AvgIpc) is 1.87. The molecule has 1 heterocycles. The Morgan fingerprint density at radius 1 is 1.44 bits per heavy atom. The minimum Gasteiger partial charge on any atom is -0.412 e. The van der Waals surface area contributed by atoms with Gasteiger partial charge in [-0.05, 0) is 0 Å². The van der Waals surface area contributed by atoms with Gasteiger partial charge in [-0.25, -0.2) is 0 Å². The van der Waals surface area contributed by atoms with Crippen molar-refractivity contribution in [3.8, 4) is 0 Å². The Bertz CT molecular complexity index is 114. The van der Waals surface area contributed by atoms with Gasteiger partial charge in [-0.1, -0.05) is 11.8 Å². The first-order chi connectivity index (χ1) is 3.29. The molecule has 0 bridgehead atoms. The van der Waals surface area contributed by atoms with Gasteiger partial charge in [0, 0.05) is 0 Å². The first-order valence-electron chi connectivity index (χ1n) is 1.75. The third kappa shape index (κ3) is 3.71. The number of rotatable bonds is 0. The molecule has 4 nitrogen and oxygen atoms in total. The second-order valence-electron chi connectivity index (χ2n) is 1.12. The number of hydrogen-bond acceptors (Lipinski definition) is 3. The number of halogens is 1. The van der Waals surface area contributed by atoms with Gasteiger partial charge in [0.1, 0.15) is 0 Å². The van der Waals surface area contributed by atoms with Crippen molar-refractivity contribution in [3.63, 3.8) is 0 Å². The molecule has 3 N–H and O–H groups in total. The van der Waals surface area contributed by atoms with Crippen LogP contribution in [0.4, 0.5) is 4.79 Å². The monoisotopic (exact) mass is 263 g/mol. The molecule has 1 aliphatic rings. The molecule has 0 aliphatic carbocycles. The van der Waals surface area contributed by atoms with Gasteiger partial charge in [0.15, 0.2) is 0 Å². The number of carbonyl (C=O) groups is 2. The fourth-order valence-corrected chi connectivity index (χ4v) is 0.837. The topological polar surface area (TPSA) is 77.7 Å². The summed E-state index contributed by atoms with van der Waals surface area (Å²) in [6.45, 7) is 0. The van der Waals surface area contributed by atoms with Crippen molar-refractivity contribution in [1.29, 1.82) is 0 Å². The second-order valence-corrected chi connectivity index (χ2v) is 2.07.